The first-order valence-electron chi connectivity index (χ1n) is 6.79. The molecule has 2 aliphatic heterocycles. The standard InChI is InChI=1S/C14H16N4O2/c15-10-8-17-18-11(3-4-16-14(10)18)9-1-2-12-13(7-9)20-6-5-19-12/h1-2,7-8,11,16H,3-6,15H2. The SMILES string of the molecule is Nc1cnn2c1NCCC2c1ccc2c(c1)OCCO2. The second kappa shape index (κ2) is 4.33. The fourth-order valence-electron chi connectivity index (χ4n) is 2.82. The minimum Gasteiger partial charge on any atom is -0.486 e. The van der Waals surface area contributed by atoms with E-state index in [0.29, 0.717) is 18.9 Å². The number of fused-ring (bicyclic) bond motifs is 2. The highest BCUT2D eigenvalue weighted by molar-refractivity contribution is 5.62. The molecule has 0 radical (unpaired) electrons. The maximum absolute atomic E-state index is 5.92. The van der Waals surface area contributed by atoms with Crippen LogP contribution in [0.2, 0.25) is 0 Å². The lowest BCUT2D eigenvalue weighted by Crippen LogP contribution is -2.25. The zero-order chi connectivity index (χ0) is 13.5. The van der Waals surface area contributed by atoms with E-state index < -0.39 is 0 Å². The third kappa shape index (κ3) is 1.68. The molecule has 0 bridgehead atoms. The minimum atomic E-state index is 0.180. The summed E-state index contributed by atoms with van der Waals surface area (Å²) in [5.74, 6) is 2.53. The number of hydrogen-bond donors (Lipinski definition) is 2. The molecule has 6 nitrogen and oxygen atoms in total. The monoisotopic (exact) mass is 272 g/mol. The molecule has 2 aliphatic rings. The summed E-state index contributed by atoms with van der Waals surface area (Å²) in [4.78, 5) is 0. The van der Waals surface area contributed by atoms with Gasteiger partial charge in [0.25, 0.3) is 0 Å². The van der Waals surface area contributed by atoms with Crippen molar-refractivity contribution in [2.45, 2.75) is 12.5 Å². The van der Waals surface area contributed by atoms with Gasteiger partial charge in [0.2, 0.25) is 0 Å². The van der Waals surface area contributed by atoms with Crippen LogP contribution in [-0.4, -0.2) is 29.5 Å². The Bertz CT molecular complexity index is 653. The molecule has 1 aromatic heterocycles. The van der Waals surface area contributed by atoms with Gasteiger partial charge in [0.1, 0.15) is 19.0 Å². The van der Waals surface area contributed by atoms with Crippen LogP contribution in [0, 0.1) is 0 Å². The van der Waals surface area contributed by atoms with Gasteiger partial charge in [-0.05, 0) is 24.1 Å². The van der Waals surface area contributed by atoms with Crippen molar-refractivity contribution in [3.05, 3.63) is 30.0 Å². The summed E-state index contributed by atoms with van der Waals surface area (Å²) >= 11 is 0. The Morgan fingerprint density at radius 2 is 2.10 bits per heavy atom. The smallest absolute Gasteiger partial charge is 0.161 e. The van der Waals surface area contributed by atoms with Crippen molar-refractivity contribution in [3.63, 3.8) is 0 Å². The number of rotatable bonds is 1. The number of hydrogen-bond acceptors (Lipinski definition) is 5. The lowest BCUT2D eigenvalue weighted by Gasteiger charge is -2.27. The molecular weight excluding hydrogens is 256 g/mol. The zero-order valence-corrected chi connectivity index (χ0v) is 11.0. The number of aromatic nitrogens is 2. The summed E-state index contributed by atoms with van der Waals surface area (Å²) in [5.41, 5.74) is 7.78. The first-order valence-corrected chi connectivity index (χ1v) is 6.79. The van der Waals surface area contributed by atoms with E-state index >= 15 is 0 Å². The average Bonchev–Trinajstić information content (AvgIpc) is 2.88. The van der Waals surface area contributed by atoms with E-state index in [9.17, 15) is 0 Å². The lowest BCUT2D eigenvalue weighted by atomic mass is 10.0. The second-order valence-corrected chi connectivity index (χ2v) is 5.03. The van der Waals surface area contributed by atoms with Crippen molar-refractivity contribution in [2.75, 3.05) is 30.8 Å². The molecule has 0 saturated carbocycles. The molecule has 1 atom stereocenters. The highest BCUT2D eigenvalue weighted by Crippen LogP contribution is 2.37. The Hall–Kier alpha value is -2.37. The van der Waals surface area contributed by atoms with E-state index in [-0.39, 0.29) is 6.04 Å². The molecule has 3 heterocycles. The molecule has 0 amide bonds. The fraction of sp³-hybridized carbons (Fsp3) is 0.357. The van der Waals surface area contributed by atoms with E-state index in [1.54, 1.807) is 6.20 Å². The summed E-state index contributed by atoms with van der Waals surface area (Å²) in [5, 5.41) is 7.68. The highest BCUT2D eigenvalue weighted by Gasteiger charge is 2.25. The Kier molecular flexibility index (Phi) is 2.48. The molecule has 0 aliphatic carbocycles. The summed E-state index contributed by atoms with van der Waals surface area (Å²) in [6, 6.07) is 6.27. The van der Waals surface area contributed by atoms with Gasteiger partial charge in [-0.1, -0.05) is 6.07 Å². The number of benzene rings is 1. The molecule has 1 unspecified atom stereocenters. The van der Waals surface area contributed by atoms with Crippen LogP contribution in [0.1, 0.15) is 18.0 Å². The Morgan fingerprint density at radius 3 is 3.00 bits per heavy atom. The summed E-state index contributed by atoms with van der Waals surface area (Å²) in [6.07, 6.45) is 2.66. The zero-order valence-electron chi connectivity index (χ0n) is 11.0. The van der Waals surface area contributed by atoms with Crippen LogP contribution in [0.25, 0.3) is 0 Å². The van der Waals surface area contributed by atoms with Crippen molar-refractivity contribution < 1.29 is 9.47 Å². The summed E-state index contributed by atoms with van der Waals surface area (Å²) in [7, 11) is 0. The molecule has 4 rings (SSSR count). The van der Waals surface area contributed by atoms with Gasteiger partial charge in [-0.2, -0.15) is 5.10 Å². The first-order chi connectivity index (χ1) is 9.83. The molecule has 3 N–H and O–H groups in total. The van der Waals surface area contributed by atoms with Crippen molar-refractivity contribution >= 4 is 11.5 Å². The van der Waals surface area contributed by atoms with Crippen LogP contribution in [0.3, 0.4) is 0 Å². The topological polar surface area (TPSA) is 74.3 Å². The van der Waals surface area contributed by atoms with Crippen molar-refractivity contribution in [2.24, 2.45) is 0 Å². The van der Waals surface area contributed by atoms with Gasteiger partial charge in [-0.3, -0.25) is 0 Å². The van der Waals surface area contributed by atoms with Gasteiger partial charge in [0.05, 0.1) is 17.9 Å². The van der Waals surface area contributed by atoms with E-state index in [1.807, 2.05) is 16.8 Å². The van der Waals surface area contributed by atoms with E-state index in [2.05, 4.69) is 16.5 Å². The van der Waals surface area contributed by atoms with Gasteiger partial charge in [0, 0.05) is 6.54 Å². The van der Waals surface area contributed by atoms with Gasteiger partial charge < -0.3 is 20.5 Å². The lowest BCUT2D eigenvalue weighted by molar-refractivity contribution is 0.171. The Balaban J connectivity index is 1.75. The molecular formula is C14H16N4O2. The van der Waals surface area contributed by atoms with E-state index in [4.69, 9.17) is 15.2 Å². The molecule has 0 fully saturated rings. The molecule has 2 aromatic rings. The molecule has 1 aromatic carbocycles. The maximum atomic E-state index is 5.92. The van der Waals surface area contributed by atoms with Gasteiger partial charge in [-0.25, -0.2) is 4.68 Å². The number of nitrogens with one attached hydrogen (secondary N) is 1. The van der Waals surface area contributed by atoms with E-state index in [0.717, 1.165) is 30.3 Å². The summed E-state index contributed by atoms with van der Waals surface area (Å²) < 4.78 is 13.2. The van der Waals surface area contributed by atoms with Gasteiger partial charge in [0.15, 0.2) is 11.5 Å². The predicted octanol–water partition coefficient (Wildman–Crippen LogP) is 1.64. The van der Waals surface area contributed by atoms with Crippen molar-refractivity contribution in [1.82, 2.24) is 9.78 Å². The fourth-order valence-corrected chi connectivity index (χ4v) is 2.82. The minimum absolute atomic E-state index is 0.180. The molecule has 104 valence electrons. The number of nitrogen functional groups attached to an aromatic ring is 1. The third-order valence-corrected chi connectivity index (χ3v) is 3.78. The number of ether oxygens (including phenoxy) is 2. The van der Waals surface area contributed by atoms with Crippen LogP contribution in [0.4, 0.5) is 11.5 Å². The molecule has 20 heavy (non-hydrogen) atoms. The van der Waals surface area contributed by atoms with E-state index in [1.165, 1.54) is 5.56 Å². The Labute approximate surface area is 116 Å². The van der Waals surface area contributed by atoms with Crippen LogP contribution in [0.15, 0.2) is 24.4 Å². The van der Waals surface area contributed by atoms with Crippen LogP contribution in [0.5, 0.6) is 11.5 Å². The largest absolute Gasteiger partial charge is 0.486 e. The second-order valence-electron chi connectivity index (χ2n) is 5.03. The summed E-state index contributed by atoms with van der Waals surface area (Å²) in [6.45, 7) is 2.09. The third-order valence-electron chi connectivity index (χ3n) is 3.78. The molecule has 0 spiro atoms. The number of nitrogens with two attached hydrogens (primary N) is 1. The first kappa shape index (κ1) is 11.5. The molecule has 0 saturated heterocycles. The normalized spacial score (nSPS) is 20.1. The van der Waals surface area contributed by atoms with Crippen LogP contribution < -0.4 is 20.5 Å². The predicted molar refractivity (Wildman–Crippen MR) is 75.3 cm³/mol. The van der Waals surface area contributed by atoms with Crippen molar-refractivity contribution in [3.8, 4) is 11.5 Å². The average molecular weight is 272 g/mol. The maximum Gasteiger partial charge on any atom is 0.161 e. The van der Waals surface area contributed by atoms with Crippen LogP contribution in [-0.2, 0) is 0 Å². The number of anilines is 2. The quantitative estimate of drug-likeness (QED) is 0.825. The van der Waals surface area contributed by atoms with Gasteiger partial charge in [-0.15, -0.1) is 0 Å². The van der Waals surface area contributed by atoms with Gasteiger partial charge >= 0.3 is 0 Å². The van der Waals surface area contributed by atoms with Crippen LogP contribution >= 0.6 is 0 Å². The van der Waals surface area contributed by atoms with Crippen molar-refractivity contribution in [1.29, 1.82) is 0 Å². The number of nitrogens with zero attached hydrogens (tertiary/aromatic N) is 2. The Morgan fingerprint density at radius 1 is 1.25 bits per heavy atom. The molecule has 6 heteroatoms. The highest BCUT2D eigenvalue weighted by atomic mass is 16.6.